The summed E-state index contributed by atoms with van der Waals surface area (Å²) in [6, 6.07) is 10.9. The van der Waals surface area contributed by atoms with Crippen LogP contribution in [0, 0.1) is 0 Å². The number of hydrogen-bond acceptors (Lipinski definition) is 3. The minimum Gasteiger partial charge on any atom is -0.388 e. The molecule has 0 saturated carbocycles. The molecule has 0 aliphatic rings. The molecule has 116 valence electrons. The Hall–Kier alpha value is -1.42. The second-order valence-electron chi connectivity index (χ2n) is 4.78. The van der Waals surface area contributed by atoms with E-state index in [1.165, 1.54) is 0 Å². The number of nitrogens with one attached hydrogen (secondary N) is 1. The Bertz CT molecular complexity index is 694. The predicted octanol–water partition coefficient (Wildman–Crippen LogP) is 5.55. The monoisotopic (exact) mass is 355 g/mol. The van der Waals surface area contributed by atoms with Crippen LogP contribution in [0.15, 0.2) is 41.5 Å². The minimum atomic E-state index is 0.570. The zero-order valence-corrected chi connectivity index (χ0v) is 14.8. The van der Waals surface area contributed by atoms with Gasteiger partial charge >= 0.3 is 0 Å². The van der Waals surface area contributed by atoms with Gasteiger partial charge in [-0.3, -0.25) is 5.01 Å². The van der Waals surface area contributed by atoms with Crippen molar-refractivity contribution in [2.75, 3.05) is 24.4 Å². The van der Waals surface area contributed by atoms with Crippen molar-refractivity contribution in [1.29, 1.82) is 0 Å². The van der Waals surface area contributed by atoms with E-state index in [1.807, 2.05) is 39.2 Å². The standard InChI is InChI=1S/C16H16Cl3N3/c1-10(15-9-11(17)4-5-16(15)20-2)21-22(3)14-7-12(18)6-13(19)8-14/h4-9,20H,1-3H3/b21-10+. The third kappa shape index (κ3) is 4.07. The Morgan fingerprint density at radius 3 is 2.23 bits per heavy atom. The molecule has 0 radical (unpaired) electrons. The van der Waals surface area contributed by atoms with Crippen LogP contribution in [-0.4, -0.2) is 19.8 Å². The predicted molar refractivity (Wildman–Crippen MR) is 98.1 cm³/mol. The van der Waals surface area contributed by atoms with Crippen LogP contribution in [-0.2, 0) is 0 Å². The maximum atomic E-state index is 6.08. The fourth-order valence-corrected chi connectivity index (χ4v) is 2.78. The Morgan fingerprint density at radius 2 is 1.64 bits per heavy atom. The summed E-state index contributed by atoms with van der Waals surface area (Å²) in [5, 5.41) is 11.3. The highest BCUT2D eigenvalue weighted by Gasteiger charge is 2.08. The molecule has 0 aliphatic heterocycles. The average molecular weight is 357 g/mol. The van der Waals surface area contributed by atoms with Gasteiger partial charge in [0.1, 0.15) is 0 Å². The van der Waals surface area contributed by atoms with E-state index < -0.39 is 0 Å². The van der Waals surface area contributed by atoms with E-state index in [9.17, 15) is 0 Å². The molecule has 2 aromatic rings. The van der Waals surface area contributed by atoms with Gasteiger partial charge in [-0.2, -0.15) is 5.10 Å². The topological polar surface area (TPSA) is 27.6 Å². The van der Waals surface area contributed by atoms with Crippen LogP contribution in [0.5, 0.6) is 0 Å². The molecule has 0 saturated heterocycles. The van der Waals surface area contributed by atoms with Gasteiger partial charge in [-0.1, -0.05) is 34.8 Å². The highest BCUT2D eigenvalue weighted by atomic mass is 35.5. The Balaban J connectivity index is 2.37. The van der Waals surface area contributed by atoms with Gasteiger partial charge in [0.2, 0.25) is 0 Å². The largest absolute Gasteiger partial charge is 0.388 e. The summed E-state index contributed by atoms with van der Waals surface area (Å²) in [6.45, 7) is 1.93. The number of halogens is 3. The molecule has 0 aromatic heterocycles. The number of hydrazone groups is 1. The second kappa shape index (κ2) is 7.23. The lowest BCUT2D eigenvalue weighted by molar-refractivity contribution is 1.01. The first-order valence-corrected chi connectivity index (χ1v) is 7.77. The van der Waals surface area contributed by atoms with Crippen LogP contribution in [0.25, 0.3) is 0 Å². The normalized spacial score (nSPS) is 11.5. The number of anilines is 2. The summed E-state index contributed by atoms with van der Waals surface area (Å²) in [6.07, 6.45) is 0. The molecule has 0 aliphatic carbocycles. The molecular formula is C16H16Cl3N3. The smallest absolute Gasteiger partial charge is 0.0672 e. The summed E-state index contributed by atoms with van der Waals surface area (Å²) < 4.78 is 0. The first-order valence-electron chi connectivity index (χ1n) is 6.63. The van der Waals surface area contributed by atoms with Crippen molar-refractivity contribution in [2.45, 2.75) is 6.92 Å². The van der Waals surface area contributed by atoms with Gasteiger partial charge in [0.15, 0.2) is 0 Å². The summed E-state index contributed by atoms with van der Waals surface area (Å²) in [4.78, 5) is 0. The van der Waals surface area contributed by atoms with Gasteiger partial charge in [-0.15, -0.1) is 0 Å². The number of hydrogen-bond donors (Lipinski definition) is 1. The van der Waals surface area contributed by atoms with E-state index in [-0.39, 0.29) is 0 Å². The fraction of sp³-hybridized carbons (Fsp3) is 0.188. The van der Waals surface area contributed by atoms with Crippen molar-refractivity contribution in [3.05, 3.63) is 57.0 Å². The van der Waals surface area contributed by atoms with Crippen molar-refractivity contribution in [1.82, 2.24) is 0 Å². The fourth-order valence-electron chi connectivity index (χ4n) is 2.10. The molecule has 0 unspecified atom stereocenters. The SMILES string of the molecule is CNc1ccc(Cl)cc1/C(C)=N/N(C)c1cc(Cl)cc(Cl)c1. The van der Waals surface area contributed by atoms with Crippen molar-refractivity contribution < 1.29 is 0 Å². The first-order chi connectivity index (χ1) is 10.4. The maximum absolute atomic E-state index is 6.08. The van der Waals surface area contributed by atoms with Crippen LogP contribution in [0.2, 0.25) is 15.1 Å². The van der Waals surface area contributed by atoms with Crippen molar-refractivity contribution in [3.63, 3.8) is 0 Å². The summed E-state index contributed by atoms with van der Waals surface area (Å²) in [5.41, 5.74) is 3.54. The van der Waals surface area contributed by atoms with E-state index in [2.05, 4.69) is 10.4 Å². The second-order valence-corrected chi connectivity index (χ2v) is 6.09. The minimum absolute atomic E-state index is 0.570. The average Bonchev–Trinajstić information content (AvgIpc) is 2.46. The molecule has 0 spiro atoms. The molecule has 0 heterocycles. The van der Waals surface area contributed by atoms with Crippen LogP contribution >= 0.6 is 34.8 Å². The lowest BCUT2D eigenvalue weighted by Gasteiger charge is -2.17. The molecule has 0 fully saturated rings. The van der Waals surface area contributed by atoms with E-state index in [1.54, 1.807) is 23.2 Å². The molecule has 6 heteroatoms. The lowest BCUT2D eigenvalue weighted by atomic mass is 10.1. The number of nitrogens with zero attached hydrogens (tertiary/aromatic N) is 2. The van der Waals surface area contributed by atoms with Gasteiger partial charge in [0.05, 0.1) is 11.4 Å². The molecule has 3 nitrogen and oxygen atoms in total. The van der Waals surface area contributed by atoms with Gasteiger partial charge in [0, 0.05) is 40.4 Å². The van der Waals surface area contributed by atoms with E-state index >= 15 is 0 Å². The summed E-state index contributed by atoms with van der Waals surface area (Å²) in [7, 11) is 3.70. The number of rotatable bonds is 4. The maximum Gasteiger partial charge on any atom is 0.0672 e. The van der Waals surface area contributed by atoms with E-state index in [0.717, 1.165) is 22.6 Å². The highest BCUT2D eigenvalue weighted by Crippen LogP contribution is 2.26. The highest BCUT2D eigenvalue weighted by molar-refractivity contribution is 6.35. The van der Waals surface area contributed by atoms with Gasteiger partial charge in [0.25, 0.3) is 0 Å². The van der Waals surface area contributed by atoms with E-state index in [4.69, 9.17) is 34.8 Å². The zero-order chi connectivity index (χ0) is 16.3. The molecule has 22 heavy (non-hydrogen) atoms. The molecule has 2 rings (SSSR count). The molecule has 1 N–H and O–H groups in total. The third-order valence-electron chi connectivity index (χ3n) is 3.16. The lowest BCUT2D eigenvalue weighted by Crippen LogP contribution is -2.13. The third-order valence-corrected chi connectivity index (χ3v) is 3.83. The number of benzene rings is 2. The molecule has 0 bridgehead atoms. The Labute approximate surface area is 145 Å². The molecular weight excluding hydrogens is 341 g/mol. The summed E-state index contributed by atoms with van der Waals surface area (Å²) in [5.74, 6) is 0. The zero-order valence-electron chi connectivity index (χ0n) is 12.5. The molecule has 2 aromatic carbocycles. The Morgan fingerprint density at radius 1 is 1.00 bits per heavy atom. The first kappa shape index (κ1) is 16.9. The molecule has 0 atom stereocenters. The van der Waals surface area contributed by atoms with Gasteiger partial charge in [-0.25, -0.2) is 0 Å². The summed E-state index contributed by atoms with van der Waals surface area (Å²) >= 11 is 18.1. The van der Waals surface area contributed by atoms with Crippen LogP contribution < -0.4 is 10.3 Å². The van der Waals surface area contributed by atoms with Crippen molar-refractivity contribution in [3.8, 4) is 0 Å². The Kier molecular flexibility index (Phi) is 5.57. The van der Waals surface area contributed by atoms with Crippen LogP contribution in [0.3, 0.4) is 0 Å². The molecule has 0 amide bonds. The van der Waals surface area contributed by atoms with Gasteiger partial charge < -0.3 is 5.32 Å². The van der Waals surface area contributed by atoms with Crippen molar-refractivity contribution in [2.24, 2.45) is 5.10 Å². The van der Waals surface area contributed by atoms with E-state index in [0.29, 0.717) is 15.1 Å². The van der Waals surface area contributed by atoms with Crippen molar-refractivity contribution >= 4 is 51.9 Å². The quantitative estimate of drug-likeness (QED) is 0.574. The van der Waals surface area contributed by atoms with Crippen LogP contribution in [0.1, 0.15) is 12.5 Å². The van der Waals surface area contributed by atoms with Crippen LogP contribution in [0.4, 0.5) is 11.4 Å². The van der Waals surface area contributed by atoms with Gasteiger partial charge in [-0.05, 0) is 43.3 Å².